The Morgan fingerprint density at radius 1 is 1.38 bits per heavy atom. The maximum Gasteiger partial charge on any atom is 0.255 e. The predicted octanol–water partition coefficient (Wildman–Crippen LogP) is 0.619. The maximum absolute atomic E-state index is 12.4. The van der Waals surface area contributed by atoms with Crippen LogP contribution < -0.4 is 4.74 Å². The normalized spacial score (nSPS) is 17.6. The molecule has 0 spiro atoms. The lowest BCUT2D eigenvalue weighted by Crippen LogP contribution is -2.50. The number of piperazine rings is 1. The van der Waals surface area contributed by atoms with E-state index < -0.39 is 0 Å². The number of methoxy groups -OCH3 is 1. The highest BCUT2D eigenvalue weighted by Gasteiger charge is 2.23. The van der Waals surface area contributed by atoms with Crippen LogP contribution in [0.3, 0.4) is 0 Å². The van der Waals surface area contributed by atoms with Crippen molar-refractivity contribution >= 4 is 5.91 Å². The van der Waals surface area contributed by atoms with Gasteiger partial charge in [-0.15, -0.1) is 0 Å². The van der Waals surface area contributed by atoms with E-state index in [1.54, 1.807) is 25.4 Å². The van der Waals surface area contributed by atoms with E-state index in [4.69, 9.17) is 4.74 Å². The van der Waals surface area contributed by atoms with Gasteiger partial charge in [-0.1, -0.05) is 6.92 Å². The van der Waals surface area contributed by atoms with E-state index >= 15 is 0 Å². The molecule has 21 heavy (non-hydrogen) atoms. The van der Waals surface area contributed by atoms with Crippen LogP contribution in [0.4, 0.5) is 0 Å². The molecular formula is C15H23N3O3. The van der Waals surface area contributed by atoms with Crippen LogP contribution in [0.25, 0.3) is 0 Å². The third-order valence-electron chi connectivity index (χ3n) is 3.79. The van der Waals surface area contributed by atoms with Crippen LogP contribution in [0.1, 0.15) is 23.7 Å². The second kappa shape index (κ2) is 7.38. The summed E-state index contributed by atoms with van der Waals surface area (Å²) in [5.41, 5.74) is 0.581. The van der Waals surface area contributed by atoms with E-state index in [1.165, 1.54) is 0 Å². The van der Waals surface area contributed by atoms with Crippen molar-refractivity contribution in [2.24, 2.45) is 0 Å². The Morgan fingerprint density at radius 3 is 2.62 bits per heavy atom. The highest BCUT2D eigenvalue weighted by molar-refractivity contribution is 5.94. The third kappa shape index (κ3) is 4.15. The molecule has 0 aromatic carbocycles. The molecule has 0 aliphatic carbocycles. The zero-order valence-corrected chi connectivity index (χ0v) is 12.7. The van der Waals surface area contributed by atoms with Crippen molar-refractivity contribution in [2.75, 3.05) is 39.8 Å². The molecule has 6 nitrogen and oxygen atoms in total. The fraction of sp³-hybridized carbons (Fsp3) is 0.600. The molecule has 1 saturated heterocycles. The molecule has 1 aromatic heterocycles. The van der Waals surface area contributed by atoms with E-state index in [0.717, 1.165) is 19.5 Å². The smallest absolute Gasteiger partial charge is 0.255 e. The van der Waals surface area contributed by atoms with Crippen molar-refractivity contribution in [2.45, 2.75) is 19.4 Å². The first-order valence-electron chi connectivity index (χ1n) is 7.33. The maximum atomic E-state index is 12.4. The molecule has 2 rings (SSSR count). The quantitative estimate of drug-likeness (QED) is 0.862. The fourth-order valence-corrected chi connectivity index (χ4v) is 2.37. The number of hydrogen-bond donors (Lipinski definition) is 1. The summed E-state index contributed by atoms with van der Waals surface area (Å²) in [6, 6.07) is 3.43. The van der Waals surface area contributed by atoms with Gasteiger partial charge in [-0.2, -0.15) is 0 Å². The van der Waals surface area contributed by atoms with Gasteiger partial charge in [0.1, 0.15) is 0 Å². The minimum absolute atomic E-state index is 0.000781. The van der Waals surface area contributed by atoms with Crippen molar-refractivity contribution in [3.63, 3.8) is 0 Å². The molecule has 0 saturated carbocycles. The first-order valence-corrected chi connectivity index (χ1v) is 7.33. The summed E-state index contributed by atoms with van der Waals surface area (Å²) in [4.78, 5) is 20.5. The average molecular weight is 293 g/mol. The Hall–Kier alpha value is -1.66. The highest BCUT2D eigenvalue weighted by atomic mass is 16.5. The van der Waals surface area contributed by atoms with Crippen molar-refractivity contribution in [1.82, 2.24) is 14.8 Å². The number of aromatic nitrogens is 1. The fourth-order valence-electron chi connectivity index (χ4n) is 2.37. The largest absolute Gasteiger partial charge is 0.481 e. The molecule has 2 heterocycles. The second-order valence-corrected chi connectivity index (χ2v) is 5.24. The number of carbonyl (C=O) groups excluding carboxylic acids is 1. The number of hydrogen-bond acceptors (Lipinski definition) is 5. The molecule has 1 fully saturated rings. The Kier molecular flexibility index (Phi) is 5.52. The van der Waals surface area contributed by atoms with Gasteiger partial charge in [0.2, 0.25) is 5.88 Å². The number of amides is 1. The minimum Gasteiger partial charge on any atom is -0.481 e. The molecule has 1 aliphatic rings. The van der Waals surface area contributed by atoms with Gasteiger partial charge < -0.3 is 14.7 Å². The van der Waals surface area contributed by atoms with E-state index in [2.05, 4.69) is 9.88 Å². The van der Waals surface area contributed by atoms with Crippen LogP contribution in [0.2, 0.25) is 0 Å². The third-order valence-corrected chi connectivity index (χ3v) is 3.79. The number of β-amino-alcohol motifs (C(OH)–C–C–N with tert-alkyl or cyclic N) is 1. The SMILES string of the molecule is CC[C@@H](O)CN1CCN(C(=O)c2ccc(OC)nc2)CC1. The van der Waals surface area contributed by atoms with Gasteiger partial charge in [0.05, 0.1) is 18.8 Å². The van der Waals surface area contributed by atoms with Gasteiger partial charge >= 0.3 is 0 Å². The molecule has 1 atom stereocenters. The Morgan fingerprint density at radius 2 is 2.10 bits per heavy atom. The van der Waals surface area contributed by atoms with Crippen molar-refractivity contribution < 1.29 is 14.6 Å². The van der Waals surface area contributed by atoms with Crippen LogP contribution in [0.15, 0.2) is 18.3 Å². The van der Waals surface area contributed by atoms with Crippen molar-refractivity contribution in [1.29, 1.82) is 0 Å². The average Bonchev–Trinajstić information content (AvgIpc) is 2.55. The summed E-state index contributed by atoms with van der Waals surface area (Å²) >= 11 is 0. The molecule has 0 bridgehead atoms. The topological polar surface area (TPSA) is 65.9 Å². The van der Waals surface area contributed by atoms with Crippen molar-refractivity contribution in [3.05, 3.63) is 23.9 Å². The van der Waals surface area contributed by atoms with Crippen LogP contribution in [-0.4, -0.2) is 71.7 Å². The van der Waals surface area contributed by atoms with Gasteiger partial charge in [-0.05, 0) is 12.5 Å². The number of aliphatic hydroxyl groups is 1. The Bertz CT molecular complexity index is 456. The van der Waals surface area contributed by atoms with Crippen LogP contribution in [0, 0.1) is 0 Å². The summed E-state index contributed by atoms with van der Waals surface area (Å²) in [5, 5.41) is 9.67. The molecule has 0 radical (unpaired) electrons. The number of carbonyl (C=O) groups is 1. The molecule has 1 aromatic rings. The minimum atomic E-state index is -0.280. The monoisotopic (exact) mass is 293 g/mol. The lowest BCUT2D eigenvalue weighted by Gasteiger charge is -2.35. The van der Waals surface area contributed by atoms with Crippen LogP contribution in [0.5, 0.6) is 5.88 Å². The molecule has 1 N–H and O–H groups in total. The Balaban J connectivity index is 1.87. The van der Waals surface area contributed by atoms with Crippen LogP contribution >= 0.6 is 0 Å². The molecule has 0 unspecified atom stereocenters. The lowest BCUT2D eigenvalue weighted by molar-refractivity contribution is 0.0523. The van der Waals surface area contributed by atoms with Gasteiger partial charge in [-0.25, -0.2) is 4.98 Å². The number of rotatable bonds is 5. The van der Waals surface area contributed by atoms with Gasteiger partial charge in [0.25, 0.3) is 5.91 Å². The number of nitrogens with zero attached hydrogens (tertiary/aromatic N) is 3. The zero-order valence-electron chi connectivity index (χ0n) is 12.7. The molecule has 1 amide bonds. The molecule has 1 aliphatic heterocycles. The molecule has 6 heteroatoms. The first-order chi connectivity index (χ1) is 10.1. The number of aliphatic hydroxyl groups excluding tert-OH is 1. The van der Waals surface area contributed by atoms with Crippen molar-refractivity contribution in [3.8, 4) is 5.88 Å². The second-order valence-electron chi connectivity index (χ2n) is 5.24. The standard InChI is InChI=1S/C15H23N3O3/c1-3-13(19)11-17-6-8-18(9-7-17)15(20)12-4-5-14(21-2)16-10-12/h4-5,10,13,19H,3,6-9,11H2,1-2H3/t13-/m1/s1. The van der Waals surface area contributed by atoms with Crippen LogP contribution in [-0.2, 0) is 0 Å². The summed E-state index contributed by atoms with van der Waals surface area (Å²) < 4.78 is 4.99. The molecular weight excluding hydrogens is 270 g/mol. The summed E-state index contributed by atoms with van der Waals surface area (Å²) in [7, 11) is 1.55. The summed E-state index contributed by atoms with van der Waals surface area (Å²) in [6.07, 6.45) is 2.03. The van der Waals surface area contributed by atoms with E-state index in [1.807, 2.05) is 11.8 Å². The van der Waals surface area contributed by atoms with E-state index in [-0.39, 0.29) is 12.0 Å². The summed E-state index contributed by atoms with van der Waals surface area (Å²) in [6.45, 7) is 5.62. The van der Waals surface area contributed by atoms with Gasteiger partial charge in [-0.3, -0.25) is 9.69 Å². The van der Waals surface area contributed by atoms with E-state index in [0.29, 0.717) is 31.1 Å². The predicted molar refractivity (Wildman–Crippen MR) is 79.4 cm³/mol. The number of pyridine rings is 1. The molecule has 116 valence electrons. The highest BCUT2D eigenvalue weighted by Crippen LogP contribution is 2.11. The summed E-state index contributed by atoms with van der Waals surface area (Å²) in [5.74, 6) is 0.505. The van der Waals surface area contributed by atoms with E-state index in [9.17, 15) is 9.90 Å². The van der Waals surface area contributed by atoms with Gasteiger partial charge in [0.15, 0.2) is 0 Å². The first kappa shape index (κ1) is 15.7. The Labute approximate surface area is 125 Å². The zero-order chi connectivity index (χ0) is 15.2. The van der Waals surface area contributed by atoms with Gasteiger partial charge in [0, 0.05) is 45.0 Å². The lowest BCUT2D eigenvalue weighted by atomic mass is 10.2. The number of ether oxygens (including phenoxy) is 1.